The highest BCUT2D eigenvalue weighted by molar-refractivity contribution is 5.78. The quantitative estimate of drug-likeness (QED) is 0.610. The Balaban J connectivity index is 1.50. The van der Waals surface area contributed by atoms with Crippen molar-refractivity contribution in [1.82, 2.24) is 9.88 Å². The zero-order valence-corrected chi connectivity index (χ0v) is 19.9. The number of piperazine rings is 1. The summed E-state index contributed by atoms with van der Waals surface area (Å²) in [4.78, 5) is 22.2. The molecule has 1 unspecified atom stereocenters. The third-order valence-electron chi connectivity index (χ3n) is 7.39. The Kier molecular flexibility index (Phi) is 6.26. The molecule has 0 spiro atoms. The van der Waals surface area contributed by atoms with Gasteiger partial charge in [0.1, 0.15) is 17.7 Å². The first kappa shape index (κ1) is 22.8. The Hall–Kier alpha value is -2.98. The smallest absolute Gasteiger partial charge is 0.225 e. The summed E-state index contributed by atoms with van der Waals surface area (Å²) in [6, 6.07) is 9.04. The third kappa shape index (κ3) is 4.39. The van der Waals surface area contributed by atoms with Crippen molar-refractivity contribution in [3.8, 4) is 17.2 Å². The van der Waals surface area contributed by atoms with Gasteiger partial charge in [0.05, 0.1) is 30.3 Å². The second-order valence-electron chi connectivity index (χ2n) is 9.77. The van der Waals surface area contributed by atoms with Crippen molar-refractivity contribution in [2.45, 2.75) is 51.0 Å². The molecule has 1 saturated heterocycles. The maximum atomic E-state index is 13.6. The van der Waals surface area contributed by atoms with Crippen LogP contribution >= 0.6 is 0 Å². The van der Waals surface area contributed by atoms with Crippen molar-refractivity contribution in [1.29, 1.82) is 5.26 Å². The lowest BCUT2D eigenvalue weighted by molar-refractivity contribution is -0.135. The van der Waals surface area contributed by atoms with Gasteiger partial charge in [0.2, 0.25) is 5.91 Å². The van der Waals surface area contributed by atoms with Crippen LogP contribution in [-0.4, -0.2) is 55.2 Å². The highest BCUT2D eigenvalue weighted by Crippen LogP contribution is 2.47. The number of amides is 1. The summed E-state index contributed by atoms with van der Waals surface area (Å²) >= 11 is 0. The number of hydrogen-bond acceptors (Lipinski definition) is 5. The van der Waals surface area contributed by atoms with Gasteiger partial charge in [-0.3, -0.25) is 4.79 Å². The largest absolute Gasteiger partial charge is 0.384 e. The van der Waals surface area contributed by atoms with E-state index >= 15 is 0 Å². The summed E-state index contributed by atoms with van der Waals surface area (Å²) in [7, 11) is 1.62. The van der Waals surface area contributed by atoms with E-state index in [1.54, 1.807) is 19.2 Å². The molecule has 7 heteroatoms. The Bertz CT molecular complexity index is 1120. The van der Waals surface area contributed by atoms with Crippen molar-refractivity contribution >= 4 is 11.7 Å². The van der Waals surface area contributed by atoms with E-state index in [9.17, 15) is 14.4 Å². The van der Waals surface area contributed by atoms with Crippen molar-refractivity contribution in [2.24, 2.45) is 5.92 Å². The highest BCUT2D eigenvalue weighted by Gasteiger charge is 2.42. The molecule has 2 heterocycles. The summed E-state index contributed by atoms with van der Waals surface area (Å²) in [5, 5.41) is 10.2. The van der Waals surface area contributed by atoms with Crippen molar-refractivity contribution in [3.05, 3.63) is 46.9 Å². The lowest BCUT2D eigenvalue weighted by Gasteiger charge is -2.43. The number of halogens is 1. The molecule has 1 atom stereocenters. The molecule has 2 aromatic rings. The SMILES string of the molecule is COCCC(=O)N1CCN(c2nc(C3CC3)c(-c3ccc(F)cc3)c(C)c2C#N)CC1C1CC1. The van der Waals surface area contributed by atoms with E-state index in [1.165, 1.54) is 12.1 Å². The molecule has 1 aromatic heterocycles. The van der Waals surface area contributed by atoms with Crippen LogP contribution in [0.2, 0.25) is 0 Å². The molecule has 3 aliphatic rings. The number of rotatable bonds is 7. The van der Waals surface area contributed by atoms with E-state index in [-0.39, 0.29) is 17.8 Å². The summed E-state index contributed by atoms with van der Waals surface area (Å²) in [5.41, 5.74) is 4.37. The van der Waals surface area contributed by atoms with Crippen LogP contribution < -0.4 is 4.90 Å². The van der Waals surface area contributed by atoms with Crippen molar-refractivity contribution in [3.63, 3.8) is 0 Å². The molecule has 1 aromatic carbocycles. The van der Waals surface area contributed by atoms with Crippen LogP contribution in [0.1, 0.15) is 54.8 Å². The van der Waals surface area contributed by atoms with Gasteiger partial charge >= 0.3 is 0 Å². The van der Waals surface area contributed by atoms with Crippen LogP contribution in [0.15, 0.2) is 24.3 Å². The van der Waals surface area contributed by atoms with Gasteiger partial charge in [-0.15, -0.1) is 0 Å². The molecule has 1 aliphatic heterocycles. The molecule has 6 nitrogen and oxygen atoms in total. The summed E-state index contributed by atoms with van der Waals surface area (Å²) in [5.74, 6) is 1.50. The molecule has 1 amide bonds. The van der Waals surface area contributed by atoms with E-state index in [4.69, 9.17) is 9.72 Å². The van der Waals surface area contributed by atoms with Gasteiger partial charge < -0.3 is 14.5 Å². The topological polar surface area (TPSA) is 69.5 Å². The number of hydrogen-bond donors (Lipinski definition) is 0. The van der Waals surface area contributed by atoms with Crippen LogP contribution in [-0.2, 0) is 9.53 Å². The fourth-order valence-corrected chi connectivity index (χ4v) is 5.24. The van der Waals surface area contributed by atoms with Gasteiger partial charge in [0.15, 0.2) is 0 Å². The number of carbonyl (C=O) groups is 1. The lowest BCUT2D eigenvalue weighted by atomic mass is 9.93. The maximum Gasteiger partial charge on any atom is 0.225 e. The Morgan fingerprint density at radius 1 is 1.21 bits per heavy atom. The van der Waals surface area contributed by atoms with Gasteiger partial charge in [0.25, 0.3) is 0 Å². The summed E-state index contributed by atoms with van der Waals surface area (Å²) in [6.45, 7) is 4.41. The number of aromatic nitrogens is 1. The predicted octanol–water partition coefficient (Wildman–Crippen LogP) is 4.41. The zero-order chi connectivity index (χ0) is 23.8. The number of carbonyl (C=O) groups excluding carboxylic acids is 1. The Labute approximate surface area is 200 Å². The minimum Gasteiger partial charge on any atom is -0.384 e. The molecule has 5 rings (SSSR count). The van der Waals surface area contributed by atoms with E-state index < -0.39 is 0 Å². The number of anilines is 1. The number of benzene rings is 1. The minimum atomic E-state index is -0.275. The maximum absolute atomic E-state index is 13.6. The van der Waals surface area contributed by atoms with Gasteiger partial charge in [-0.1, -0.05) is 12.1 Å². The number of ether oxygens (including phenoxy) is 1. The van der Waals surface area contributed by atoms with Gasteiger partial charge in [-0.25, -0.2) is 9.37 Å². The number of nitrogens with zero attached hydrogens (tertiary/aromatic N) is 4. The highest BCUT2D eigenvalue weighted by atomic mass is 19.1. The van der Waals surface area contributed by atoms with Gasteiger partial charge in [-0.05, 0) is 61.8 Å². The number of methoxy groups -OCH3 is 1. The molecular weight excluding hydrogens is 431 g/mol. The molecule has 3 fully saturated rings. The predicted molar refractivity (Wildman–Crippen MR) is 128 cm³/mol. The van der Waals surface area contributed by atoms with Crippen LogP contribution in [0.25, 0.3) is 11.1 Å². The molecule has 178 valence electrons. The van der Waals surface area contributed by atoms with Crippen LogP contribution in [0.4, 0.5) is 10.2 Å². The Morgan fingerprint density at radius 3 is 2.56 bits per heavy atom. The monoisotopic (exact) mass is 462 g/mol. The molecule has 34 heavy (non-hydrogen) atoms. The van der Waals surface area contributed by atoms with E-state index in [0.29, 0.717) is 50.1 Å². The summed E-state index contributed by atoms with van der Waals surface area (Å²) in [6.07, 6.45) is 4.84. The standard InChI is InChI=1S/C27H31FN4O2/c1-17-22(15-29)27(30-26(20-5-6-20)25(17)19-7-9-21(28)10-8-19)31-12-13-32(24(33)11-14-34-2)23(16-31)18-3-4-18/h7-10,18,20,23H,3-6,11-14,16H2,1-2H3. The van der Waals surface area contributed by atoms with Crippen molar-refractivity contribution < 1.29 is 13.9 Å². The van der Waals surface area contributed by atoms with E-state index in [2.05, 4.69) is 11.0 Å². The minimum absolute atomic E-state index is 0.146. The van der Waals surface area contributed by atoms with Gasteiger partial charge in [0, 0.05) is 38.2 Å². The number of nitriles is 1. The zero-order valence-electron chi connectivity index (χ0n) is 19.9. The van der Waals surface area contributed by atoms with Crippen LogP contribution in [0, 0.1) is 30.0 Å². The second-order valence-corrected chi connectivity index (χ2v) is 9.77. The molecule has 0 bridgehead atoms. The molecule has 2 aliphatic carbocycles. The first-order valence-corrected chi connectivity index (χ1v) is 12.3. The van der Waals surface area contributed by atoms with Gasteiger partial charge in [-0.2, -0.15) is 5.26 Å². The first-order valence-electron chi connectivity index (χ1n) is 12.3. The lowest BCUT2D eigenvalue weighted by Crippen LogP contribution is -2.56. The fraction of sp³-hybridized carbons (Fsp3) is 0.519. The Morgan fingerprint density at radius 2 is 1.94 bits per heavy atom. The number of pyridine rings is 1. The molecule has 0 N–H and O–H groups in total. The third-order valence-corrected chi connectivity index (χ3v) is 7.39. The van der Waals surface area contributed by atoms with Crippen molar-refractivity contribution in [2.75, 3.05) is 38.3 Å². The first-order chi connectivity index (χ1) is 16.5. The molecule has 2 saturated carbocycles. The summed E-state index contributed by atoms with van der Waals surface area (Å²) < 4.78 is 18.7. The molecular formula is C27H31FN4O2. The fourth-order valence-electron chi connectivity index (χ4n) is 5.24. The second kappa shape index (κ2) is 9.34. The van der Waals surface area contributed by atoms with Crippen LogP contribution in [0.3, 0.4) is 0 Å². The molecule has 0 radical (unpaired) electrons. The average Bonchev–Trinajstić information content (AvgIpc) is 3.76. The van der Waals surface area contributed by atoms with E-state index in [0.717, 1.165) is 53.9 Å². The normalized spacial score (nSPS) is 20.4. The van der Waals surface area contributed by atoms with E-state index in [1.807, 2.05) is 11.8 Å². The van der Waals surface area contributed by atoms with Crippen LogP contribution in [0.5, 0.6) is 0 Å². The average molecular weight is 463 g/mol.